The van der Waals surface area contributed by atoms with Gasteiger partial charge in [0.25, 0.3) is 0 Å². The van der Waals surface area contributed by atoms with Crippen molar-refractivity contribution in [1.29, 1.82) is 0 Å². The second-order valence-corrected chi connectivity index (χ2v) is 8.21. The minimum atomic E-state index is 0.00436. The van der Waals surface area contributed by atoms with Gasteiger partial charge >= 0.3 is 0 Å². The molecule has 2 heterocycles. The zero-order valence-corrected chi connectivity index (χ0v) is 19.3. The predicted octanol–water partition coefficient (Wildman–Crippen LogP) is 2.30. The van der Waals surface area contributed by atoms with Gasteiger partial charge in [-0.3, -0.25) is 14.7 Å². The third kappa shape index (κ3) is 7.64. The van der Waals surface area contributed by atoms with Crippen LogP contribution in [-0.4, -0.2) is 72.5 Å². The summed E-state index contributed by atoms with van der Waals surface area (Å²) in [7, 11) is 1.82. The number of guanidine groups is 1. The van der Waals surface area contributed by atoms with Gasteiger partial charge in [-0.15, -0.1) is 0 Å². The average molecular weight is 437 g/mol. The number of nitrogens with one attached hydrogen (secondary N) is 2. The molecule has 1 saturated heterocycles. The molecule has 2 N–H and O–H groups in total. The van der Waals surface area contributed by atoms with Crippen LogP contribution < -0.4 is 10.6 Å². The SMILES string of the molecule is CCNC(=NCC(=O)N(C)CCc1ccccn1)NCC1CCCN1Cc1ccccc1. The molecule has 1 unspecified atom stereocenters. The smallest absolute Gasteiger partial charge is 0.244 e. The number of likely N-dealkylation sites (tertiary alicyclic amines) is 1. The van der Waals surface area contributed by atoms with Gasteiger partial charge in [-0.25, -0.2) is 4.99 Å². The van der Waals surface area contributed by atoms with E-state index in [1.54, 1.807) is 11.1 Å². The Morgan fingerprint density at radius 2 is 2.00 bits per heavy atom. The van der Waals surface area contributed by atoms with Crippen LogP contribution in [0.1, 0.15) is 31.0 Å². The lowest BCUT2D eigenvalue weighted by atomic mass is 10.2. The lowest BCUT2D eigenvalue weighted by Gasteiger charge is -2.25. The summed E-state index contributed by atoms with van der Waals surface area (Å²) in [5, 5.41) is 6.71. The van der Waals surface area contributed by atoms with Gasteiger partial charge in [0, 0.05) is 57.6 Å². The first-order valence-electron chi connectivity index (χ1n) is 11.6. The van der Waals surface area contributed by atoms with Crippen LogP contribution >= 0.6 is 0 Å². The summed E-state index contributed by atoms with van der Waals surface area (Å²) in [4.78, 5) is 25.6. The van der Waals surface area contributed by atoms with Crippen molar-refractivity contribution in [3.8, 4) is 0 Å². The molecule has 0 spiro atoms. The van der Waals surface area contributed by atoms with E-state index in [1.165, 1.54) is 18.4 Å². The number of amides is 1. The minimum Gasteiger partial charge on any atom is -0.357 e. The van der Waals surface area contributed by atoms with Gasteiger partial charge in [0.2, 0.25) is 5.91 Å². The summed E-state index contributed by atoms with van der Waals surface area (Å²) in [6.07, 6.45) is 4.91. The van der Waals surface area contributed by atoms with Crippen LogP contribution in [0.3, 0.4) is 0 Å². The van der Waals surface area contributed by atoms with Crippen molar-refractivity contribution in [3.05, 3.63) is 66.0 Å². The van der Waals surface area contributed by atoms with E-state index in [9.17, 15) is 4.79 Å². The first-order chi connectivity index (χ1) is 15.7. The number of pyridine rings is 1. The highest BCUT2D eigenvalue weighted by Crippen LogP contribution is 2.19. The number of aliphatic imine (C=N–C) groups is 1. The fraction of sp³-hybridized carbons (Fsp3) is 0.480. The topological polar surface area (TPSA) is 72.9 Å². The van der Waals surface area contributed by atoms with Gasteiger partial charge in [0.05, 0.1) is 0 Å². The number of hydrogen-bond acceptors (Lipinski definition) is 4. The molecule has 1 aliphatic heterocycles. The number of aromatic nitrogens is 1. The lowest BCUT2D eigenvalue weighted by molar-refractivity contribution is -0.128. The molecule has 0 aliphatic carbocycles. The van der Waals surface area contributed by atoms with Crippen LogP contribution in [0.5, 0.6) is 0 Å². The molecule has 2 aromatic rings. The van der Waals surface area contributed by atoms with Gasteiger partial charge in [-0.05, 0) is 44.0 Å². The van der Waals surface area contributed by atoms with Gasteiger partial charge < -0.3 is 15.5 Å². The molecule has 1 aromatic carbocycles. The highest BCUT2D eigenvalue weighted by Gasteiger charge is 2.24. The highest BCUT2D eigenvalue weighted by molar-refractivity contribution is 5.84. The maximum Gasteiger partial charge on any atom is 0.244 e. The Balaban J connectivity index is 1.46. The molecular formula is C25H36N6O. The summed E-state index contributed by atoms with van der Waals surface area (Å²) < 4.78 is 0. The zero-order chi connectivity index (χ0) is 22.6. The van der Waals surface area contributed by atoms with Gasteiger partial charge in [-0.2, -0.15) is 0 Å². The van der Waals surface area contributed by atoms with Crippen molar-refractivity contribution < 1.29 is 4.79 Å². The molecule has 1 amide bonds. The monoisotopic (exact) mass is 436 g/mol. The molecule has 0 radical (unpaired) electrons. The molecule has 1 aliphatic rings. The van der Waals surface area contributed by atoms with Gasteiger partial charge in [-0.1, -0.05) is 36.4 Å². The van der Waals surface area contributed by atoms with E-state index in [4.69, 9.17) is 0 Å². The van der Waals surface area contributed by atoms with Crippen molar-refractivity contribution in [2.45, 2.75) is 38.8 Å². The molecule has 3 rings (SSSR count). The average Bonchev–Trinajstić information content (AvgIpc) is 3.27. The van der Waals surface area contributed by atoms with Crippen molar-refractivity contribution in [1.82, 2.24) is 25.4 Å². The summed E-state index contributed by atoms with van der Waals surface area (Å²) in [5.41, 5.74) is 2.33. The summed E-state index contributed by atoms with van der Waals surface area (Å²) in [6.45, 7) is 6.47. The fourth-order valence-electron chi connectivity index (χ4n) is 3.93. The molecule has 0 saturated carbocycles. The largest absolute Gasteiger partial charge is 0.357 e. The van der Waals surface area contributed by atoms with Crippen molar-refractivity contribution in [2.75, 3.05) is 39.8 Å². The Morgan fingerprint density at radius 1 is 1.19 bits per heavy atom. The van der Waals surface area contributed by atoms with Crippen LogP contribution in [0.2, 0.25) is 0 Å². The van der Waals surface area contributed by atoms with Gasteiger partial charge in [0.1, 0.15) is 6.54 Å². The minimum absolute atomic E-state index is 0.00436. The van der Waals surface area contributed by atoms with Crippen LogP contribution in [0.15, 0.2) is 59.7 Å². The normalized spacial score (nSPS) is 16.7. The number of carbonyl (C=O) groups is 1. The Labute approximate surface area is 191 Å². The van der Waals surface area contributed by atoms with E-state index in [0.29, 0.717) is 18.5 Å². The first-order valence-corrected chi connectivity index (χ1v) is 11.6. The number of nitrogens with zero attached hydrogens (tertiary/aromatic N) is 4. The molecule has 0 bridgehead atoms. The van der Waals surface area contributed by atoms with E-state index in [1.807, 2.05) is 32.2 Å². The Hall–Kier alpha value is -2.93. The van der Waals surface area contributed by atoms with E-state index in [0.717, 1.165) is 38.3 Å². The molecule has 7 nitrogen and oxygen atoms in total. The zero-order valence-electron chi connectivity index (χ0n) is 19.3. The second kappa shape index (κ2) is 12.8. The molecule has 172 valence electrons. The molecule has 1 aromatic heterocycles. The van der Waals surface area contributed by atoms with Crippen molar-refractivity contribution in [2.24, 2.45) is 4.99 Å². The summed E-state index contributed by atoms with van der Waals surface area (Å²) >= 11 is 0. The highest BCUT2D eigenvalue weighted by atomic mass is 16.2. The standard InChI is InChI=1S/C25H36N6O/c1-3-26-25(29-19-24(32)30(2)17-14-22-12-7-8-15-27-22)28-18-23-13-9-16-31(23)20-21-10-5-4-6-11-21/h4-8,10-12,15,23H,3,9,13-14,16-20H2,1-2H3,(H2,26,28,29). The third-order valence-electron chi connectivity index (χ3n) is 5.80. The predicted molar refractivity (Wildman–Crippen MR) is 129 cm³/mol. The van der Waals surface area contributed by atoms with Crippen LogP contribution in [0, 0.1) is 0 Å². The van der Waals surface area contributed by atoms with Crippen LogP contribution in [0.4, 0.5) is 0 Å². The van der Waals surface area contributed by atoms with E-state index < -0.39 is 0 Å². The van der Waals surface area contributed by atoms with Gasteiger partial charge in [0.15, 0.2) is 5.96 Å². The van der Waals surface area contributed by atoms with E-state index in [-0.39, 0.29) is 12.5 Å². The lowest BCUT2D eigenvalue weighted by Crippen LogP contribution is -2.45. The summed E-state index contributed by atoms with van der Waals surface area (Å²) in [6, 6.07) is 16.9. The van der Waals surface area contributed by atoms with E-state index in [2.05, 4.69) is 55.8 Å². The fourth-order valence-corrected chi connectivity index (χ4v) is 3.93. The maximum absolute atomic E-state index is 12.5. The van der Waals surface area contributed by atoms with E-state index >= 15 is 0 Å². The molecule has 7 heteroatoms. The quantitative estimate of drug-likeness (QED) is 0.442. The maximum atomic E-state index is 12.5. The molecule has 1 atom stereocenters. The van der Waals surface area contributed by atoms with Crippen molar-refractivity contribution >= 4 is 11.9 Å². The third-order valence-corrected chi connectivity index (χ3v) is 5.80. The number of rotatable bonds is 10. The first kappa shape index (κ1) is 23.7. The molecule has 32 heavy (non-hydrogen) atoms. The Morgan fingerprint density at radius 3 is 2.75 bits per heavy atom. The van der Waals surface area contributed by atoms with Crippen LogP contribution in [-0.2, 0) is 17.8 Å². The second-order valence-electron chi connectivity index (χ2n) is 8.21. The molecule has 1 fully saturated rings. The Kier molecular flexibility index (Phi) is 9.50. The number of carbonyl (C=O) groups excluding carboxylic acids is 1. The summed E-state index contributed by atoms with van der Waals surface area (Å²) in [5.74, 6) is 0.704. The molecular weight excluding hydrogens is 400 g/mol. The van der Waals surface area contributed by atoms with Crippen molar-refractivity contribution in [3.63, 3.8) is 0 Å². The number of benzene rings is 1. The van der Waals surface area contributed by atoms with Crippen LogP contribution in [0.25, 0.3) is 0 Å². The Bertz CT molecular complexity index is 842. The number of likely N-dealkylation sites (N-methyl/N-ethyl adjacent to an activating group) is 1. The number of hydrogen-bond donors (Lipinski definition) is 2.